The molecule has 0 saturated carbocycles. The van der Waals surface area contributed by atoms with Crippen molar-refractivity contribution in [2.45, 2.75) is 32.7 Å². The van der Waals surface area contributed by atoms with Gasteiger partial charge in [-0.1, -0.05) is 38.2 Å². The molecule has 0 N–H and O–H groups in total. The summed E-state index contributed by atoms with van der Waals surface area (Å²) in [7, 11) is 2.21. The van der Waals surface area contributed by atoms with E-state index in [0.29, 0.717) is 5.92 Å². The maximum Gasteiger partial charge on any atom is 0.0272 e. The summed E-state index contributed by atoms with van der Waals surface area (Å²) in [4.78, 5) is 2.44. The fourth-order valence-electron chi connectivity index (χ4n) is 1.97. The van der Waals surface area contributed by atoms with Crippen LogP contribution in [0.1, 0.15) is 27.2 Å². The van der Waals surface area contributed by atoms with Crippen LogP contribution >= 0.6 is 0 Å². The van der Waals surface area contributed by atoms with E-state index < -0.39 is 0 Å². The van der Waals surface area contributed by atoms with Gasteiger partial charge in [-0.15, -0.1) is 0 Å². The second-order valence-electron chi connectivity index (χ2n) is 4.02. The first-order chi connectivity index (χ1) is 6.15. The van der Waals surface area contributed by atoms with E-state index in [2.05, 4.69) is 57.0 Å². The normalized spacial score (nSPS) is 21.3. The highest BCUT2D eigenvalue weighted by atomic mass is 15.2. The lowest BCUT2D eigenvalue weighted by Crippen LogP contribution is -2.47. The van der Waals surface area contributed by atoms with E-state index in [1.54, 1.807) is 0 Å². The molecule has 0 aliphatic heterocycles. The quantitative estimate of drug-likeness (QED) is 0.641. The highest BCUT2D eigenvalue weighted by Gasteiger charge is 2.33. The van der Waals surface area contributed by atoms with Crippen LogP contribution < -0.4 is 0 Å². The molecule has 0 spiro atoms. The van der Waals surface area contributed by atoms with E-state index in [1.807, 2.05) is 0 Å². The fraction of sp³-hybridized carbons (Fsp3) is 0.667. The molecular formula is C12H21N. The summed E-state index contributed by atoms with van der Waals surface area (Å²) in [6, 6.07) is 0. The first kappa shape index (κ1) is 10.5. The van der Waals surface area contributed by atoms with Gasteiger partial charge in [-0.25, -0.2) is 0 Å². The summed E-state index contributed by atoms with van der Waals surface area (Å²) < 4.78 is 0. The number of hydrogen-bond donors (Lipinski definition) is 0. The summed E-state index contributed by atoms with van der Waals surface area (Å²) in [6.45, 7) is 7.95. The number of rotatable bonds is 4. The van der Waals surface area contributed by atoms with E-state index in [1.165, 1.54) is 6.42 Å². The van der Waals surface area contributed by atoms with Crippen molar-refractivity contribution in [2.75, 3.05) is 13.6 Å². The molecule has 0 saturated heterocycles. The highest BCUT2D eigenvalue weighted by molar-refractivity contribution is 5.22. The smallest absolute Gasteiger partial charge is 0.0272 e. The monoisotopic (exact) mass is 179 g/mol. The van der Waals surface area contributed by atoms with Gasteiger partial charge in [0.1, 0.15) is 0 Å². The van der Waals surface area contributed by atoms with Gasteiger partial charge in [-0.05, 0) is 26.9 Å². The van der Waals surface area contributed by atoms with Gasteiger partial charge in [0.2, 0.25) is 0 Å². The van der Waals surface area contributed by atoms with Gasteiger partial charge in [0.25, 0.3) is 0 Å². The Morgan fingerprint density at radius 2 is 1.77 bits per heavy atom. The van der Waals surface area contributed by atoms with Gasteiger partial charge in [0.15, 0.2) is 0 Å². The Hall–Kier alpha value is -0.560. The summed E-state index contributed by atoms with van der Waals surface area (Å²) in [5, 5.41) is 0. The van der Waals surface area contributed by atoms with Crippen molar-refractivity contribution in [2.24, 2.45) is 5.92 Å². The van der Waals surface area contributed by atoms with Gasteiger partial charge in [-0.2, -0.15) is 0 Å². The maximum absolute atomic E-state index is 2.44. The minimum atomic E-state index is 0.290. The topological polar surface area (TPSA) is 3.24 Å². The molecule has 0 amide bonds. The molecule has 0 radical (unpaired) electrons. The van der Waals surface area contributed by atoms with E-state index in [9.17, 15) is 0 Å². The zero-order valence-electron chi connectivity index (χ0n) is 9.25. The number of nitrogens with zero attached hydrogens (tertiary/aromatic N) is 1. The van der Waals surface area contributed by atoms with Crippen molar-refractivity contribution in [3.8, 4) is 0 Å². The summed E-state index contributed by atoms with van der Waals surface area (Å²) in [6.07, 6.45) is 10.1. The summed E-state index contributed by atoms with van der Waals surface area (Å²) in [5.74, 6) is 0.586. The van der Waals surface area contributed by atoms with Crippen LogP contribution in [0.25, 0.3) is 0 Å². The Balaban J connectivity index is 2.79. The Kier molecular flexibility index (Phi) is 3.32. The first-order valence-corrected chi connectivity index (χ1v) is 5.21. The van der Waals surface area contributed by atoms with E-state index in [-0.39, 0.29) is 5.54 Å². The molecule has 74 valence electrons. The van der Waals surface area contributed by atoms with Crippen LogP contribution in [0.4, 0.5) is 0 Å². The second kappa shape index (κ2) is 4.10. The van der Waals surface area contributed by atoms with Crippen molar-refractivity contribution in [1.82, 2.24) is 4.90 Å². The third kappa shape index (κ3) is 1.86. The molecule has 1 heteroatoms. The second-order valence-corrected chi connectivity index (χ2v) is 4.02. The lowest BCUT2D eigenvalue weighted by molar-refractivity contribution is 0.112. The standard InChI is InChI=1S/C12H21N/c1-5-12(3,13(4)6-2)11-9-7-8-10-11/h7-11H,5-6H2,1-4H3. The molecule has 13 heavy (non-hydrogen) atoms. The van der Waals surface area contributed by atoms with Crippen molar-refractivity contribution in [3.05, 3.63) is 24.3 Å². The number of allylic oxidation sites excluding steroid dienone is 2. The molecule has 0 aromatic heterocycles. The minimum Gasteiger partial charge on any atom is -0.300 e. The molecule has 0 heterocycles. The molecule has 1 nitrogen and oxygen atoms in total. The molecular weight excluding hydrogens is 158 g/mol. The lowest BCUT2D eigenvalue weighted by atomic mass is 9.83. The van der Waals surface area contributed by atoms with E-state index in [0.717, 1.165) is 6.54 Å². The highest BCUT2D eigenvalue weighted by Crippen LogP contribution is 2.31. The van der Waals surface area contributed by atoms with E-state index in [4.69, 9.17) is 0 Å². The third-order valence-electron chi connectivity index (χ3n) is 3.53. The van der Waals surface area contributed by atoms with Gasteiger partial charge in [-0.3, -0.25) is 0 Å². The molecule has 1 unspecified atom stereocenters. The molecule has 0 bridgehead atoms. The molecule has 0 aromatic carbocycles. The summed E-state index contributed by atoms with van der Waals surface area (Å²) >= 11 is 0. The molecule has 1 aliphatic rings. The van der Waals surface area contributed by atoms with Crippen LogP contribution in [-0.2, 0) is 0 Å². The Labute approximate surface area is 82.1 Å². The van der Waals surface area contributed by atoms with Gasteiger partial charge >= 0.3 is 0 Å². The first-order valence-electron chi connectivity index (χ1n) is 5.21. The van der Waals surface area contributed by atoms with Crippen LogP contribution in [0.2, 0.25) is 0 Å². The average Bonchev–Trinajstić information content (AvgIpc) is 2.68. The third-order valence-corrected chi connectivity index (χ3v) is 3.53. The van der Waals surface area contributed by atoms with Crippen molar-refractivity contribution in [1.29, 1.82) is 0 Å². The molecule has 1 rings (SSSR count). The molecule has 0 fully saturated rings. The van der Waals surface area contributed by atoms with Crippen molar-refractivity contribution >= 4 is 0 Å². The largest absolute Gasteiger partial charge is 0.300 e. The molecule has 1 aliphatic carbocycles. The predicted octanol–water partition coefficient (Wildman–Crippen LogP) is 2.85. The van der Waals surface area contributed by atoms with Crippen LogP contribution in [0.3, 0.4) is 0 Å². The maximum atomic E-state index is 2.44. The van der Waals surface area contributed by atoms with Crippen molar-refractivity contribution < 1.29 is 0 Å². The predicted molar refractivity (Wildman–Crippen MR) is 58.8 cm³/mol. The van der Waals surface area contributed by atoms with Gasteiger partial charge in [0, 0.05) is 11.5 Å². The van der Waals surface area contributed by atoms with Crippen LogP contribution in [-0.4, -0.2) is 24.0 Å². The Bertz CT molecular complexity index is 205. The van der Waals surface area contributed by atoms with Crippen LogP contribution in [0.15, 0.2) is 24.3 Å². The van der Waals surface area contributed by atoms with Crippen LogP contribution in [0, 0.1) is 5.92 Å². The minimum absolute atomic E-state index is 0.290. The van der Waals surface area contributed by atoms with Gasteiger partial charge < -0.3 is 4.90 Å². The Morgan fingerprint density at radius 3 is 2.15 bits per heavy atom. The van der Waals surface area contributed by atoms with Crippen molar-refractivity contribution in [3.63, 3.8) is 0 Å². The molecule has 0 aromatic rings. The fourth-order valence-corrected chi connectivity index (χ4v) is 1.97. The van der Waals surface area contributed by atoms with Crippen LogP contribution in [0.5, 0.6) is 0 Å². The summed E-state index contributed by atoms with van der Waals surface area (Å²) in [5.41, 5.74) is 0.290. The van der Waals surface area contributed by atoms with E-state index >= 15 is 0 Å². The Morgan fingerprint density at radius 1 is 1.23 bits per heavy atom. The molecule has 1 atom stereocenters. The zero-order chi connectivity index (χ0) is 9.90. The van der Waals surface area contributed by atoms with Gasteiger partial charge in [0.05, 0.1) is 0 Å². The lowest BCUT2D eigenvalue weighted by Gasteiger charge is -2.41. The number of hydrogen-bond acceptors (Lipinski definition) is 1. The zero-order valence-corrected chi connectivity index (χ0v) is 9.25. The SMILES string of the molecule is CCN(C)C(C)(CC)C1C=CC=C1. The average molecular weight is 179 g/mol.